The number of carbonyl (C=O) groups is 2. The fraction of sp³-hybridized carbons (Fsp3) is 0.182. The molecule has 2 aromatic carbocycles. The van der Waals surface area contributed by atoms with Crippen molar-refractivity contribution in [1.29, 1.82) is 0 Å². The maximum atomic E-state index is 12.4. The number of aryl methyl sites for hydroxylation is 1. The summed E-state index contributed by atoms with van der Waals surface area (Å²) in [6, 6.07) is 16.9. The molecule has 8 heteroatoms. The van der Waals surface area contributed by atoms with Gasteiger partial charge in [-0.1, -0.05) is 30.3 Å². The number of aromatic nitrogens is 2. The molecule has 0 bridgehead atoms. The first-order chi connectivity index (χ1) is 14.5. The molecule has 1 aromatic heterocycles. The van der Waals surface area contributed by atoms with E-state index in [4.69, 9.17) is 4.74 Å². The Bertz CT molecular complexity index is 1120. The number of nitrogens with zero attached hydrogens (tertiary/aromatic N) is 4. The Morgan fingerprint density at radius 1 is 1.17 bits per heavy atom. The topological polar surface area (TPSA) is 88.8 Å². The van der Waals surface area contributed by atoms with Crippen LogP contribution >= 0.6 is 0 Å². The lowest BCUT2D eigenvalue weighted by atomic mass is 10.2. The zero-order valence-corrected chi connectivity index (χ0v) is 16.7. The fourth-order valence-corrected chi connectivity index (χ4v) is 3.34. The van der Waals surface area contributed by atoms with Crippen molar-refractivity contribution in [3.8, 4) is 11.4 Å². The lowest BCUT2D eigenvalue weighted by Crippen LogP contribution is -2.44. The fourth-order valence-electron chi connectivity index (χ4n) is 3.34. The van der Waals surface area contributed by atoms with Gasteiger partial charge in [0.15, 0.2) is 6.61 Å². The maximum Gasteiger partial charge on any atom is 0.265 e. The Labute approximate surface area is 173 Å². The number of nitrogens with one attached hydrogen (secondary N) is 1. The van der Waals surface area contributed by atoms with E-state index in [1.54, 1.807) is 24.4 Å². The van der Waals surface area contributed by atoms with Crippen LogP contribution in [0.4, 0.5) is 5.69 Å². The summed E-state index contributed by atoms with van der Waals surface area (Å²) >= 11 is 0. The first kappa shape index (κ1) is 19.4. The Morgan fingerprint density at radius 2 is 1.90 bits per heavy atom. The van der Waals surface area contributed by atoms with Gasteiger partial charge in [0.2, 0.25) is 0 Å². The molecule has 1 aliphatic rings. The van der Waals surface area contributed by atoms with E-state index in [0.29, 0.717) is 11.4 Å². The molecule has 0 unspecified atom stereocenters. The van der Waals surface area contributed by atoms with E-state index in [9.17, 15) is 9.59 Å². The minimum atomic E-state index is -0.401. The summed E-state index contributed by atoms with van der Waals surface area (Å²) in [5, 5.41) is 8.62. The molecule has 0 atom stereocenters. The average molecular weight is 403 g/mol. The van der Waals surface area contributed by atoms with Crippen LogP contribution in [0.1, 0.15) is 17.0 Å². The van der Waals surface area contributed by atoms with Crippen molar-refractivity contribution in [3.05, 3.63) is 71.5 Å². The largest absolute Gasteiger partial charge is 0.482 e. The maximum absolute atomic E-state index is 12.4. The third-order valence-electron chi connectivity index (χ3n) is 4.84. The van der Waals surface area contributed by atoms with Crippen LogP contribution in [-0.2, 0) is 9.59 Å². The second-order valence-electron chi connectivity index (χ2n) is 6.86. The highest BCUT2D eigenvalue weighted by Gasteiger charge is 2.26. The highest BCUT2D eigenvalue weighted by Crippen LogP contribution is 2.31. The van der Waals surface area contributed by atoms with Gasteiger partial charge in [-0.15, -0.1) is 0 Å². The summed E-state index contributed by atoms with van der Waals surface area (Å²) in [6.07, 6.45) is 1.57. The molecule has 1 N–H and O–H groups in total. The number of carbonyl (C=O) groups excluding carboxylic acids is 2. The van der Waals surface area contributed by atoms with Crippen LogP contribution < -0.4 is 15.1 Å². The van der Waals surface area contributed by atoms with Gasteiger partial charge >= 0.3 is 0 Å². The molecule has 152 valence electrons. The molecule has 0 spiro atoms. The predicted molar refractivity (Wildman–Crippen MR) is 113 cm³/mol. The van der Waals surface area contributed by atoms with Crippen LogP contribution in [0.3, 0.4) is 0 Å². The third kappa shape index (κ3) is 3.80. The van der Waals surface area contributed by atoms with Gasteiger partial charge in [-0.25, -0.2) is 10.1 Å². The number of hydrazone groups is 1. The number of fused-ring (bicyclic) bond motifs is 1. The van der Waals surface area contributed by atoms with Crippen LogP contribution in [0.5, 0.6) is 5.75 Å². The van der Waals surface area contributed by atoms with Crippen molar-refractivity contribution < 1.29 is 14.3 Å². The molecular weight excluding hydrogens is 382 g/mol. The van der Waals surface area contributed by atoms with Crippen LogP contribution in [0.25, 0.3) is 5.69 Å². The number of benzene rings is 2. The summed E-state index contributed by atoms with van der Waals surface area (Å²) in [7, 11) is 0. The SMILES string of the molecule is Cc1nn(-c2ccccc2)c(C)c1/C=N\NC(=O)CN1C(=O)COc2ccccc21. The Kier molecular flexibility index (Phi) is 5.30. The normalized spacial score (nSPS) is 13.3. The Hall–Kier alpha value is -3.94. The number of anilines is 1. The first-order valence-electron chi connectivity index (χ1n) is 9.50. The number of amides is 2. The first-order valence-corrected chi connectivity index (χ1v) is 9.50. The number of hydrogen-bond donors (Lipinski definition) is 1. The minimum Gasteiger partial charge on any atom is -0.482 e. The molecule has 0 fully saturated rings. The molecule has 0 radical (unpaired) electrons. The van der Waals surface area contributed by atoms with E-state index in [1.807, 2.05) is 54.9 Å². The molecule has 30 heavy (non-hydrogen) atoms. The average Bonchev–Trinajstić information content (AvgIpc) is 3.05. The van der Waals surface area contributed by atoms with E-state index >= 15 is 0 Å². The van der Waals surface area contributed by atoms with Gasteiger partial charge in [-0.3, -0.25) is 14.5 Å². The monoisotopic (exact) mass is 403 g/mol. The molecule has 0 saturated carbocycles. The van der Waals surface area contributed by atoms with Crippen molar-refractivity contribution >= 4 is 23.7 Å². The summed E-state index contributed by atoms with van der Waals surface area (Å²) in [5.74, 6) is -0.0984. The molecule has 3 aromatic rings. The zero-order valence-electron chi connectivity index (χ0n) is 16.7. The number of ether oxygens (including phenoxy) is 1. The highest BCUT2D eigenvalue weighted by atomic mass is 16.5. The summed E-state index contributed by atoms with van der Waals surface area (Å²) in [5.41, 5.74) is 6.55. The quantitative estimate of drug-likeness (QED) is 0.523. The van der Waals surface area contributed by atoms with Crippen molar-refractivity contribution in [1.82, 2.24) is 15.2 Å². The molecule has 1 aliphatic heterocycles. The standard InChI is InChI=1S/C22H21N5O3/c1-15-18(16(2)27(25-15)17-8-4-3-5-9-17)12-23-24-21(28)13-26-19-10-6-7-11-20(19)30-14-22(26)29/h3-12H,13-14H2,1-2H3,(H,24,28)/b23-12-. The molecule has 8 nitrogen and oxygen atoms in total. The van der Waals surface area contributed by atoms with Gasteiger partial charge in [0, 0.05) is 5.56 Å². The number of rotatable bonds is 5. The van der Waals surface area contributed by atoms with Crippen molar-refractivity contribution in [2.75, 3.05) is 18.1 Å². The van der Waals surface area contributed by atoms with E-state index in [1.165, 1.54) is 4.90 Å². The van der Waals surface area contributed by atoms with Gasteiger partial charge in [0.1, 0.15) is 12.3 Å². The van der Waals surface area contributed by atoms with Gasteiger partial charge in [-0.2, -0.15) is 10.2 Å². The lowest BCUT2D eigenvalue weighted by molar-refractivity contribution is -0.125. The third-order valence-corrected chi connectivity index (χ3v) is 4.84. The van der Waals surface area contributed by atoms with Crippen molar-refractivity contribution in [3.63, 3.8) is 0 Å². The Morgan fingerprint density at radius 3 is 2.70 bits per heavy atom. The van der Waals surface area contributed by atoms with Gasteiger partial charge in [0.05, 0.1) is 29.0 Å². The van der Waals surface area contributed by atoms with Crippen LogP contribution in [0.2, 0.25) is 0 Å². The van der Waals surface area contributed by atoms with Crippen LogP contribution in [0, 0.1) is 13.8 Å². The molecule has 4 rings (SSSR count). The van der Waals surface area contributed by atoms with E-state index in [0.717, 1.165) is 22.6 Å². The number of hydrogen-bond acceptors (Lipinski definition) is 5. The lowest BCUT2D eigenvalue weighted by Gasteiger charge is -2.28. The zero-order chi connectivity index (χ0) is 21.1. The van der Waals surface area contributed by atoms with Gasteiger partial charge < -0.3 is 4.74 Å². The van der Waals surface area contributed by atoms with Gasteiger partial charge in [-0.05, 0) is 38.1 Å². The van der Waals surface area contributed by atoms with E-state index in [-0.39, 0.29) is 19.1 Å². The molecule has 0 saturated heterocycles. The second kappa shape index (κ2) is 8.20. The smallest absolute Gasteiger partial charge is 0.265 e. The van der Waals surface area contributed by atoms with Crippen molar-refractivity contribution in [2.24, 2.45) is 5.10 Å². The molecular formula is C22H21N5O3. The molecule has 0 aliphatic carbocycles. The second-order valence-corrected chi connectivity index (χ2v) is 6.86. The van der Waals surface area contributed by atoms with E-state index < -0.39 is 5.91 Å². The van der Waals surface area contributed by atoms with E-state index in [2.05, 4.69) is 15.6 Å². The summed E-state index contributed by atoms with van der Waals surface area (Å²) in [4.78, 5) is 26.0. The Balaban J connectivity index is 1.45. The number of para-hydroxylation sites is 3. The van der Waals surface area contributed by atoms with Crippen LogP contribution in [-0.4, -0.2) is 41.0 Å². The summed E-state index contributed by atoms with van der Waals surface area (Å²) < 4.78 is 7.23. The van der Waals surface area contributed by atoms with Crippen LogP contribution in [0.15, 0.2) is 59.7 Å². The van der Waals surface area contributed by atoms with Gasteiger partial charge in [0.25, 0.3) is 11.8 Å². The summed E-state index contributed by atoms with van der Waals surface area (Å²) in [6.45, 7) is 3.60. The highest BCUT2D eigenvalue weighted by molar-refractivity contribution is 6.02. The molecule has 2 amide bonds. The predicted octanol–water partition coefficient (Wildman–Crippen LogP) is 2.36. The minimum absolute atomic E-state index is 0.0926. The molecule has 2 heterocycles. The van der Waals surface area contributed by atoms with Crippen molar-refractivity contribution in [2.45, 2.75) is 13.8 Å².